The molecule has 0 atom stereocenters. The molecule has 0 aliphatic rings. The summed E-state index contributed by atoms with van der Waals surface area (Å²) in [4.78, 5) is 0. The lowest BCUT2D eigenvalue weighted by atomic mass is 10.1. The van der Waals surface area contributed by atoms with E-state index >= 15 is 0 Å². The van der Waals surface area contributed by atoms with Gasteiger partial charge in [-0.3, -0.25) is 0 Å². The number of allylic oxidation sites excluding steroid dienone is 4. The van der Waals surface area contributed by atoms with Gasteiger partial charge in [-0.1, -0.05) is 63.5 Å². The van der Waals surface area contributed by atoms with Gasteiger partial charge in [0.2, 0.25) is 0 Å². The zero-order valence-electron chi connectivity index (χ0n) is 15.8. The Morgan fingerprint density at radius 1 is 1.05 bits per heavy atom. The van der Waals surface area contributed by atoms with E-state index in [0.29, 0.717) is 0 Å². The Balaban J connectivity index is -0.000000133. The van der Waals surface area contributed by atoms with Crippen LogP contribution in [0.3, 0.4) is 0 Å². The van der Waals surface area contributed by atoms with Crippen LogP contribution in [0, 0.1) is 0 Å². The monoisotopic (exact) mass is 283 g/mol. The van der Waals surface area contributed by atoms with E-state index < -0.39 is 0 Å². The summed E-state index contributed by atoms with van der Waals surface area (Å²) in [6, 6.07) is 0. The molecule has 0 fully saturated rings. The van der Waals surface area contributed by atoms with Gasteiger partial charge in [0, 0.05) is 6.54 Å². The minimum Gasteiger partial charge on any atom is -0.316 e. The Morgan fingerprint density at radius 2 is 1.45 bits per heavy atom. The van der Waals surface area contributed by atoms with Gasteiger partial charge in [-0.05, 0) is 47.6 Å². The van der Waals surface area contributed by atoms with Crippen LogP contribution in [0.5, 0.6) is 0 Å². The molecule has 0 rings (SSSR count). The van der Waals surface area contributed by atoms with Gasteiger partial charge < -0.3 is 5.32 Å². The van der Waals surface area contributed by atoms with E-state index in [1.165, 1.54) is 30.4 Å². The maximum Gasteiger partial charge on any atom is 0.0134 e. The van der Waals surface area contributed by atoms with Crippen LogP contribution in [0.4, 0.5) is 0 Å². The molecule has 0 saturated carbocycles. The third-order valence-electron chi connectivity index (χ3n) is 1.75. The predicted molar refractivity (Wildman–Crippen MR) is 99.5 cm³/mol. The minimum atomic E-state index is 0.987. The van der Waals surface area contributed by atoms with E-state index in [1.54, 1.807) is 6.08 Å². The molecular weight excluding hydrogens is 242 g/mol. The van der Waals surface area contributed by atoms with Crippen molar-refractivity contribution in [3.05, 3.63) is 36.0 Å². The van der Waals surface area contributed by atoms with Gasteiger partial charge in [-0.25, -0.2) is 0 Å². The molecule has 0 aliphatic heterocycles. The topological polar surface area (TPSA) is 12.0 Å². The van der Waals surface area contributed by atoms with Crippen molar-refractivity contribution in [3.8, 4) is 0 Å². The van der Waals surface area contributed by atoms with Crippen molar-refractivity contribution in [1.29, 1.82) is 0 Å². The highest BCUT2D eigenvalue weighted by Gasteiger charge is 1.87. The number of hydrogen-bond acceptors (Lipinski definition) is 1. The highest BCUT2D eigenvalue weighted by molar-refractivity contribution is 5.02. The molecule has 0 aromatic rings. The summed E-state index contributed by atoms with van der Waals surface area (Å²) in [7, 11) is 1.97. The van der Waals surface area contributed by atoms with Crippen LogP contribution in [0.2, 0.25) is 0 Å². The molecule has 0 amide bonds. The number of hydrogen-bond donors (Lipinski definition) is 1. The minimum absolute atomic E-state index is 0.987. The van der Waals surface area contributed by atoms with E-state index in [9.17, 15) is 0 Å². The SMILES string of the molecule is C=CC.CC.CCC.CNC/C=C(\C)CCC=C(C)C. The van der Waals surface area contributed by atoms with Gasteiger partial charge >= 0.3 is 0 Å². The zero-order chi connectivity index (χ0) is 16.8. The van der Waals surface area contributed by atoms with Crippen molar-refractivity contribution in [2.45, 2.75) is 74.7 Å². The maximum absolute atomic E-state index is 3.36. The summed E-state index contributed by atoms with van der Waals surface area (Å²) >= 11 is 0. The first kappa shape index (κ1) is 27.5. The molecule has 1 N–H and O–H groups in total. The van der Waals surface area contributed by atoms with Crippen molar-refractivity contribution in [2.75, 3.05) is 13.6 Å². The Bertz CT molecular complexity index is 208. The van der Waals surface area contributed by atoms with Gasteiger partial charge in [0.05, 0.1) is 0 Å². The second kappa shape index (κ2) is 30.9. The molecule has 1 heteroatoms. The number of nitrogens with one attached hydrogen (secondary N) is 1. The fourth-order valence-electron chi connectivity index (χ4n) is 0.967. The molecule has 0 radical (unpaired) electrons. The predicted octanol–water partition coefficient (Wildman–Crippen LogP) is 6.53. The number of rotatable bonds is 5. The van der Waals surface area contributed by atoms with Crippen LogP contribution >= 0.6 is 0 Å². The Kier molecular flexibility index (Phi) is 42.5. The van der Waals surface area contributed by atoms with E-state index in [4.69, 9.17) is 0 Å². The van der Waals surface area contributed by atoms with Crippen molar-refractivity contribution < 1.29 is 0 Å². The first-order chi connectivity index (χ1) is 9.49. The van der Waals surface area contributed by atoms with Crippen LogP contribution in [-0.2, 0) is 0 Å². The Labute approximate surface area is 130 Å². The zero-order valence-corrected chi connectivity index (χ0v) is 15.8. The largest absolute Gasteiger partial charge is 0.316 e. The smallest absolute Gasteiger partial charge is 0.0134 e. The average Bonchev–Trinajstić information content (AvgIpc) is 2.40. The van der Waals surface area contributed by atoms with Crippen LogP contribution < -0.4 is 5.32 Å². The van der Waals surface area contributed by atoms with Gasteiger partial charge in [0.25, 0.3) is 0 Å². The van der Waals surface area contributed by atoms with Gasteiger partial charge in [-0.2, -0.15) is 0 Å². The van der Waals surface area contributed by atoms with E-state index in [-0.39, 0.29) is 0 Å². The summed E-state index contributed by atoms with van der Waals surface area (Å²) in [6.07, 6.45) is 9.90. The Hall–Kier alpha value is -0.820. The average molecular weight is 284 g/mol. The summed E-state index contributed by atoms with van der Waals surface area (Å²) in [5, 5.41) is 3.11. The summed E-state index contributed by atoms with van der Waals surface area (Å²) in [6.45, 7) is 21.0. The molecule has 0 bridgehead atoms. The first-order valence-electron chi connectivity index (χ1n) is 8.00. The van der Waals surface area contributed by atoms with E-state index in [1.807, 2.05) is 27.8 Å². The molecule has 0 aromatic carbocycles. The molecule has 0 aliphatic carbocycles. The summed E-state index contributed by atoms with van der Waals surface area (Å²) in [5.74, 6) is 0. The quantitative estimate of drug-likeness (QED) is 0.565. The normalized spacial score (nSPS) is 8.75. The van der Waals surface area contributed by atoms with E-state index in [0.717, 1.165) is 6.54 Å². The molecular formula is C19H41N. The molecule has 0 saturated heterocycles. The third kappa shape index (κ3) is 53.4. The van der Waals surface area contributed by atoms with Crippen molar-refractivity contribution in [3.63, 3.8) is 0 Å². The second-order valence-electron chi connectivity index (χ2n) is 4.54. The molecule has 0 spiro atoms. The molecule has 0 heterocycles. The van der Waals surface area contributed by atoms with Crippen LogP contribution in [0.15, 0.2) is 36.0 Å². The molecule has 122 valence electrons. The maximum atomic E-state index is 3.36. The Morgan fingerprint density at radius 3 is 1.75 bits per heavy atom. The number of likely N-dealkylation sites (N-methyl/N-ethyl adjacent to an activating group) is 1. The van der Waals surface area contributed by atoms with Crippen LogP contribution in [0.25, 0.3) is 0 Å². The highest BCUT2D eigenvalue weighted by atomic mass is 14.8. The third-order valence-corrected chi connectivity index (χ3v) is 1.75. The van der Waals surface area contributed by atoms with Crippen molar-refractivity contribution in [2.24, 2.45) is 0 Å². The lowest BCUT2D eigenvalue weighted by Gasteiger charge is -1.98. The first-order valence-corrected chi connectivity index (χ1v) is 8.00. The van der Waals surface area contributed by atoms with Crippen LogP contribution in [0.1, 0.15) is 74.7 Å². The highest BCUT2D eigenvalue weighted by Crippen LogP contribution is 2.05. The molecule has 1 nitrogen and oxygen atoms in total. The van der Waals surface area contributed by atoms with E-state index in [2.05, 4.69) is 58.7 Å². The van der Waals surface area contributed by atoms with Gasteiger partial charge in [0.15, 0.2) is 0 Å². The fourth-order valence-corrected chi connectivity index (χ4v) is 0.967. The van der Waals surface area contributed by atoms with Crippen molar-refractivity contribution >= 4 is 0 Å². The standard InChI is InChI=1S/C11H21N.C3H8.C3H6.C2H6/c1-10(2)6-5-7-11(3)8-9-12-4;2*1-3-2;1-2/h6,8,12H,5,7,9H2,1-4H3;3H2,1-2H3;3H,1H2,2H3;1-2H3/b11-8+;;;. The van der Waals surface area contributed by atoms with Crippen LogP contribution in [-0.4, -0.2) is 13.6 Å². The molecule has 20 heavy (non-hydrogen) atoms. The molecule has 0 aromatic heterocycles. The summed E-state index contributed by atoms with van der Waals surface area (Å²) in [5.41, 5.74) is 2.89. The van der Waals surface area contributed by atoms with Gasteiger partial charge in [-0.15, -0.1) is 6.58 Å². The second-order valence-corrected chi connectivity index (χ2v) is 4.54. The van der Waals surface area contributed by atoms with Gasteiger partial charge in [0.1, 0.15) is 0 Å². The summed E-state index contributed by atoms with van der Waals surface area (Å²) < 4.78 is 0. The lowest BCUT2D eigenvalue weighted by Crippen LogP contribution is -2.04. The lowest BCUT2D eigenvalue weighted by molar-refractivity contribution is 0.890. The van der Waals surface area contributed by atoms with Crippen molar-refractivity contribution in [1.82, 2.24) is 5.32 Å². The molecule has 0 unspecified atom stereocenters. The fraction of sp³-hybridized carbons (Fsp3) is 0.684.